The molecule has 210 valence electrons. The number of ether oxygens (including phenoxy) is 4. The molecule has 0 saturated carbocycles. The van der Waals surface area contributed by atoms with Gasteiger partial charge in [-0.1, -0.05) is 12.1 Å². The molecule has 3 N–H and O–H groups in total. The molecule has 0 bridgehead atoms. The summed E-state index contributed by atoms with van der Waals surface area (Å²) in [6.07, 6.45) is -0.372. The number of hydrogen-bond acceptors (Lipinski definition) is 8. The van der Waals surface area contributed by atoms with Crippen molar-refractivity contribution in [1.29, 1.82) is 5.41 Å². The van der Waals surface area contributed by atoms with Crippen molar-refractivity contribution >= 4 is 17.9 Å². The molecule has 1 aliphatic rings. The molecule has 10 nitrogen and oxygen atoms in total. The van der Waals surface area contributed by atoms with Crippen molar-refractivity contribution in [1.82, 2.24) is 9.80 Å². The summed E-state index contributed by atoms with van der Waals surface area (Å²) in [5.41, 5.74) is 7.70. The van der Waals surface area contributed by atoms with Crippen molar-refractivity contribution in [2.45, 2.75) is 20.4 Å². The van der Waals surface area contributed by atoms with Gasteiger partial charge in [0.2, 0.25) is 5.90 Å². The molecule has 0 spiro atoms. The highest BCUT2D eigenvalue weighted by Crippen LogP contribution is 2.31. The Morgan fingerprint density at radius 2 is 1.25 bits per heavy atom. The number of nitrogens with two attached hydrogens (primary N) is 1. The van der Waals surface area contributed by atoms with Crippen LogP contribution in [0.15, 0.2) is 66.7 Å². The largest absolute Gasteiger partial charge is 0.478 e. The number of carbonyl (C=O) groups is 2. The minimum absolute atomic E-state index is 0.0843. The van der Waals surface area contributed by atoms with E-state index in [1.54, 1.807) is 59.2 Å². The van der Waals surface area contributed by atoms with Crippen molar-refractivity contribution in [2.24, 2.45) is 5.73 Å². The van der Waals surface area contributed by atoms with Gasteiger partial charge in [-0.05, 0) is 67.9 Å². The lowest BCUT2D eigenvalue weighted by molar-refractivity contribution is 0.0570. The average Bonchev–Trinajstić information content (AvgIpc) is 2.98. The summed E-state index contributed by atoms with van der Waals surface area (Å²) in [7, 11) is 0. The monoisotopic (exact) mass is 546 g/mol. The molecule has 0 atom stereocenters. The van der Waals surface area contributed by atoms with Gasteiger partial charge in [-0.25, -0.2) is 4.79 Å². The van der Waals surface area contributed by atoms with E-state index in [1.165, 1.54) is 0 Å². The quantitative estimate of drug-likeness (QED) is 0.285. The van der Waals surface area contributed by atoms with Gasteiger partial charge in [0.05, 0.1) is 13.2 Å². The van der Waals surface area contributed by atoms with Gasteiger partial charge < -0.3 is 34.5 Å². The molecule has 10 heteroatoms. The molecule has 0 unspecified atom stereocenters. The van der Waals surface area contributed by atoms with Gasteiger partial charge in [0.1, 0.15) is 23.0 Å². The minimum Gasteiger partial charge on any atom is -0.478 e. The molecule has 0 aromatic heterocycles. The number of nitrogens with one attached hydrogen (secondary N) is 1. The molecule has 4 rings (SSSR count). The van der Waals surface area contributed by atoms with Gasteiger partial charge in [0, 0.05) is 49.9 Å². The Bertz CT molecular complexity index is 1320. The van der Waals surface area contributed by atoms with Crippen molar-refractivity contribution in [2.75, 3.05) is 39.4 Å². The van der Waals surface area contributed by atoms with Crippen LogP contribution in [0.2, 0.25) is 0 Å². The number of piperazine rings is 1. The molecule has 40 heavy (non-hydrogen) atoms. The number of amides is 2. The predicted molar refractivity (Wildman–Crippen MR) is 150 cm³/mol. The lowest BCUT2D eigenvalue weighted by Crippen LogP contribution is -2.50. The number of nitrogens with zero attached hydrogens (tertiary/aromatic N) is 2. The fourth-order valence-corrected chi connectivity index (χ4v) is 4.17. The summed E-state index contributed by atoms with van der Waals surface area (Å²) in [5.74, 6) is 1.85. The Kier molecular flexibility index (Phi) is 9.58. The van der Waals surface area contributed by atoms with E-state index in [4.69, 9.17) is 30.1 Å². The second-order valence-electron chi connectivity index (χ2n) is 9.01. The topological polar surface area (TPSA) is 127 Å². The normalized spacial score (nSPS) is 13.0. The zero-order chi connectivity index (χ0) is 28.5. The van der Waals surface area contributed by atoms with Crippen LogP contribution in [0, 0.1) is 5.41 Å². The summed E-state index contributed by atoms with van der Waals surface area (Å²) < 4.78 is 22.5. The SMILES string of the molecule is CCOC(=N)c1ccc(Oc2cc(Oc3ccc(CN)cc3)cc(C(=O)N3CCN(C(=O)OCC)CC3)c2)cc1. The van der Waals surface area contributed by atoms with Crippen LogP contribution >= 0.6 is 0 Å². The number of benzene rings is 3. The summed E-state index contributed by atoms with van der Waals surface area (Å²) in [6, 6.07) is 19.4. The van der Waals surface area contributed by atoms with E-state index in [1.807, 2.05) is 31.2 Å². The van der Waals surface area contributed by atoms with E-state index >= 15 is 0 Å². The molecule has 0 aliphatic carbocycles. The maximum atomic E-state index is 13.5. The fourth-order valence-electron chi connectivity index (χ4n) is 4.17. The lowest BCUT2D eigenvalue weighted by atomic mass is 10.1. The molecule has 2 amide bonds. The third-order valence-electron chi connectivity index (χ3n) is 6.26. The van der Waals surface area contributed by atoms with E-state index in [-0.39, 0.29) is 17.9 Å². The van der Waals surface area contributed by atoms with Crippen molar-refractivity contribution in [3.63, 3.8) is 0 Å². The predicted octanol–water partition coefficient (Wildman–Crippen LogP) is 5.01. The zero-order valence-electron chi connectivity index (χ0n) is 22.7. The first-order chi connectivity index (χ1) is 19.4. The Hall–Kier alpha value is -4.57. The Morgan fingerprint density at radius 3 is 1.77 bits per heavy atom. The van der Waals surface area contributed by atoms with Crippen LogP contribution < -0.4 is 15.2 Å². The summed E-state index contributed by atoms with van der Waals surface area (Å²) in [6.45, 7) is 6.27. The van der Waals surface area contributed by atoms with Crippen molar-refractivity contribution < 1.29 is 28.5 Å². The van der Waals surface area contributed by atoms with Crippen molar-refractivity contribution in [3.05, 3.63) is 83.4 Å². The van der Waals surface area contributed by atoms with Crippen LogP contribution in [-0.4, -0.2) is 67.1 Å². The molecular formula is C30H34N4O6. The average molecular weight is 547 g/mol. The standard InChI is InChI=1S/C30H34N4O6/c1-3-37-28(32)22-7-11-25(12-8-22)40-27-18-23(17-26(19-27)39-24-9-5-21(20-31)6-10-24)29(35)33-13-15-34(16-14-33)30(36)38-4-2/h5-12,17-19,32H,3-4,13-16,20,31H2,1-2H3. The minimum atomic E-state index is -0.372. The van der Waals surface area contributed by atoms with Crippen molar-refractivity contribution in [3.8, 4) is 23.0 Å². The Morgan fingerprint density at radius 1 is 0.725 bits per heavy atom. The Labute approximate surface area is 233 Å². The van der Waals surface area contributed by atoms with Gasteiger partial charge in [-0.2, -0.15) is 0 Å². The van der Waals surface area contributed by atoms with Crippen LogP contribution in [0.5, 0.6) is 23.0 Å². The van der Waals surface area contributed by atoms with Gasteiger partial charge in [0.25, 0.3) is 5.91 Å². The molecule has 1 heterocycles. The summed E-state index contributed by atoms with van der Waals surface area (Å²) >= 11 is 0. The van der Waals surface area contributed by atoms with Crippen LogP contribution in [0.3, 0.4) is 0 Å². The first-order valence-corrected chi connectivity index (χ1v) is 13.2. The van der Waals surface area contributed by atoms with Crippen LogP contribution in [-0.2, 0) is 16.0 Å². The molecule has 0 radical (unpaired) electrons. The molecular weight excluding hydrogens is 512 g/mol. The van der Waals surface area contributed by atoms with Gasteiger partial charge in [0.15, 0.2) is 0 Å². The van der Waals surface area contributed by atoms with Gasteiger partial charge in [-0.15, -0.1) is 0 Å². The second kappa shape index (κ2) is 13.5. The van der Waals surface area contributed by atoms with Crippen LogP contribution in [0.1, 0.15) is 35.3 Å². The molecule has 3 aromatic carbocycles. The molecule has 1 saturated heterocycles. The van der Waals surface area contributed by atoms with E-state index in [2.05, 4.69) is 0 Å². The molecule has 1 aliphatic heterocycles. The molecule has 1 fully saturated rings. The van der Waals surface area contributed by atoms with E-state index in [0.717, 1.165) is 5.56 Å². The smallest absolute Gasteiger partial charge is 0.409 e. The summed E-state index contributed by atoms with van der Waals surface area (Å²) in [4.78, 5) is 28.9. The highest BCUT2D eigenvalue weighted by molar-refractivity contribution is 5.95. The maximum absolute atomic E-state index is 13.5. The van der Waals surface area contributed by atoms with E-state index in [9.17, 15) is 9.59 Å². The van der Waals surface area contributed by atoms with Gasteiger partial charge in [-0.3, -0.25) is 10.2 Å². The summed E-state index contributed by atoms with van der Waals surface area (Å²) in [5, 5.41) is 7.95. The number of carbonyl (C=O) groups excluding carboxylic acids is 2. The highest BCUT2D eigenvalue weighted by atomic mass is 16.6. The van der Waals surface area contributed by atoms with E-state index in [0.29, 0.717) is 80.1 Å². The number of hydrogen-bond donors (Lipinski definition) is 2. The third kappa shape index (κ3) is 7.29. The Balaban J connectivity index is 1.55. The van der Waals surface area contributed by atoms with Crippen LogP contribution in [0.4, 0.5) is 4.79 Å². The van der Waals surface area contributed by atoms with Crippen LogP contribution in [0.25, 0.3) is 0 Å². The third-order valence-corrected chi connectivity index (χ3v) is 6.26. The second-order valence-corrected chi connectivity index (χ2v) is 9.01. The van der Waals surface area contributed by atoms with E-state index < -0.39 is 0 Å². The highest BCUT2D eigenvalue weighted by Gasteiger charge is 2.26. The fraction of sp³-hybridized carbons (Fsp3) is 0.300. The first kappa shape index (κ1) is 28.4. The maximum Gasteiger partial charge on any atom is 0.409 e. The zero-order valence-corrected chi connectivity index (χ0v) is 22.7. The first-order valence-electron chi connectivity index (χ1n) is 13.2. The number of rotatable bonds is 9. The lowest BCUT2D eigenvalue weighted by Gasteiger charge is -2.34. The molecule has 3 aromatic rings. The van der Waals surface area contributed by atoms with Gasteiger partial charge >= 0.3 is 6.09 Å².